The SMILES string of the molecule is CCCc1n[nH]c(=S)n1CC(=O)Nc1nc2ccc(NC(C)=O)cc2s1. The Morgan fingerprint density at radius 2 is 2.15 bits per heavy atom. The molecule has 0 spiro atoms. The summed E-state index contributed by atoms with van der Waals surface area (Å²) in [7, 11) is 0. The first-order valence-electron chi connectivity index (χ1n) is 8.08. The minimum Gasteiger partial charge on any atom is -0.326 e. The normalized spacial score (nSPS) is 10.8. The molecule has 2 heterocycles. The van der Waals surface area contributed by atoms with E-state index in [-0.39, 0.29) is 18.4 Å². The highest BCUT2D eigenvalue weighted by molar-refractivity contribution is 7.71. The predicted octanol–water partition coefficient (Wildman–Crippen LogP) is 3.10. The summed E-state index contributed by atoms with van der Waals surface area (Å²) in [6.45, 7) is 3.58. The van der Waals surface area contributed by atoms with E-state index in [4.69, 9.17) is 12.2 Å². The van der Waals surface area contributed by atoms with E-state index in [9.17, 15) is 9.59 Å². The van der Waals surface area contributed by atoms with Gasteiger partial charge in [0.25, 0.3) is 0 Å². The molecule has 3 N–H and O–H groups in total. The summed E-state index contributed by atoms with van der Waals surface area (Å²) in [4.78, 5) is 27.9. The fraction of sp³-hybridized carbons (Fsp3) is 0.312. The topological polar surface area (TPSA) is 105 Å². The van der Waals surface area contributed by atoms with Gasteiger partial charge in [-0.05, 0) is 36.8 Å². The Bertz CT molecular complexity index is 1020. The minimum absolute atomic E-state index is 0.0811. The van der Waals surface area contributed by atoms with Crippen molar-refractivity contribution in [3.63, 3.8) is 0 Å². The number of hydrogen-bond donors (Lipinski definition) is 3. The van der Waals surface area contributed by atoms with Crippen LogP contribution in [0.4, 0.5) is 10.8 Å². The van der Waals surface area contributed by atoms with Crippen molar-refractivity contribution in [3.05, 3.63) is 28.8 Å². The summed E-state index contributed by atoms with van der Waals surface area (Å²) in [5.74, 6) is 0.403. The van der Waals surface area contributed by atoms with Crippen LogP contribution in [0.3, 0.4) is 0 Å². The van der Waals surface area contributed by atoms with Gasteiger partial charge in [-0.15, -0.1) is 0 Å². The van der Waals surface area contributed by atoms with Crippen LogP contribution in [-0.4, -0.2) is 31.6 Å². The molecule has 10 heteroatoms. The van der Waals surface area contributed by atoms with Crippen molar-refractivity contribution in [2.24, 2.45) is 0 Å². The van der Waals surface area contributed by atoms with Crippen LogP contribution in [0.25, 0.3) is 10.2 Å². The number of benzene rings is 1. The van der Waals surface area contributed by atoms with Crippen molar-refractivity contribution < 1.29 is 9.59 Å². The van der Waals surface area contributed by atoms with E-state index in [1.54, 1.807) is 16.7 Å². The first kappa shape index (κ1) is 18.2. The van der Waals surface area contributed by atoms with Gasteiger partial charge in [0.15, 0.2) is 9.90 Å². The second-order valence-corrected chi connectivity index (χ2v) is 7.13. The number of rotatable bonds is 6. The Morgan fingerprint density at radius 1 is 1.35 bits per heavy atom. The highest BCUT2D eigenvalue weighted by Crippen LogP contribution is 2.28. The maximum Gasteiger partial charge on any atom is 0.246 e. The van der Waals surface area contributed by atoms with Gasteiger partial charge in [0.05, 0.1) is 10.2 Å². The number of carbonyl (C=O) groups excluding carboxylic acids is 2. The molecule has 0 aliphatic rings. The second-order valence-electron chi connectivity index (χ2n) is 5.71. The van der Waals surface area contributed by atoms with Crippen molar-refractivity contribution in [3.8, 4) is 0 Å². The minimum atomic E-state index is -0.221. The molecular weight excluding hydrogens is 372 g/mol. The summed E-state index contributed by atoms with van der Waals surface area (Å²) < 4.78 is 2.99. The van der Waals surface area contributed by atoms with Crippen molar-refractivity contribution in [1.82, 2.24) is 19.7 Å². The molecule has 1 aromatic carbocycles. The van der Waals surface area contributed by atoms with Gasteiger partial charge in [-0.3, -0.25) is 19.3 Å². The van der Waals surface area contributed by atoms with Crippen LogP contribution in [0.1, 0.15) is 26.1 Å². The molecule has 0 radical (unpaired) electrons. The zero-order chi connectivity index (χ0) is 18.7. The van der Waals surface area contributed by atoms with Crippen LogP contribution >= 0.6 is 23.6 Å². The zero-order valence-electron chi connectivity index (χ0n) is 14.3. The van der Waals surface area contributed by atoms with Crippen LogP contribution < -0.4 is 10.6 Å². The average molecular weight is 390 g/mol. The van der Waals surface area contributed by atoms with E-state index in [1.807, 2.05) is 13.0 Å². The number of fused-ring (bicyclic) bond motifs is 1. The lowest BCUT2D eigenvalue weighted by Gasteiger charge is -2.05. The maximum atomic E-state index is 12.4. The number of nitrogens with zero attached hydrogens (tertiary/aromatic N) is 3. The van der Waals surface area contributed by atoms with Crippen LogP contribution in [0, 0.1) is 4.77 Å². The highest BCUT2D eigenvalue weighted by Gasteiger charge is 2.12. The third-order valence-electron chi connectivity index (χ3n) is 3.57. The first-order valence-corrected chi connectivity index (χ1v) is 9.31. The van der Waals surface area contributed by atoms with Gasteiger partial charge in [-0.2, -0.15) is 5.10 Å². The summed E-state index contributed by atoms with van der Waals surface area (Å²) in [6.07, 6.45) is 1.66. The highest BCUT2D eigenvalue weighted by atomic mass is 32.1. The van der Waals surface area contributed by atoms with E-state index >= 15 is 0 Å². The van der Waals surface area contributed by atoms with Gasteiger partial charge < -0.3 is 10.6 Å². The molecule has 0 fully saturated rings. The molecule has 0 unspecified atom stereocenters. The maximum absolute atomic E-state index is 12.4. The second kappa shape index (κ2) is 7.75. The lowest BCUT2D eigenvalue weighted by atomic mass is 10.3. The van der Waals surface area contributed by atoms with Gasteiger partial charge in [0.1, 0.15) is 12.4 Å². The number of aryl methyl sites for hydroxylation is 1. The van der Waals surface area contributed by atoms with Crippen LogP contribution in [0.5, 0.6) is 0 Å². The number of carbonyl (C=O) groups is 2. The molecule has 2 aromatic heterocycles. The molecule has 26 heavy (non-hydrogen) atoms. The lowest BCUT2D eigenvalue weighted by molar-refractivity contribution is -0.117. The van der Waals surface area contributed by atoms with E-state index < -0.39 is 0 Å². The number of aromatic nitrogens is 4. The number of H-pyrrole nitrogens is 1. The smallest absolute Gasteiger partial charge is 0.246 e. The Balaban J connectivity index is 1.74. The predicted molar refractivity (Wildman–Crippen MR) is 104 cm³/mol. The standard InChI is InChI=1S/C16H18N6O2S2/c1-3-4-13-20-21-16(25)22(13)8-14(24)19-15-18-11-6-5-10(17-9(2)23)7-12(11)26-15/h5-7H,3-4,8H2,1-2H3,(H,17,23)(H,21,25)(H,18,19,24). The molecule has 3 aromatic rings. The molecule has 0 saturated carbocycles. The number of nitrogens with one attached hydrogen (secondary N) is 3. The fourth-order valence-corrected chi connectivity index (χ4v) is 3.63. The quantitative estimate of drug-likeness (QED) is 0.561. The van der Waals surface area contributed by atoms with Gasteiger partial charge in [-0.25, -0.2) is 4.98 Å². The molecule has 136 valence electrons. The molecule has 0 saturated heterocycles. The number of aromatic amines is 1. The average Bonchev–Trinajstić information content (AvgIpc) is 3.11. The van der Waals surface area contributed by atoms with Gasteiger partial charge in [0.2, 0.25) is 11.8 Å². The molecule has 2 amide bonds. The molecule has 3 rings (SSSR count). The van der Waals surface area contributed by atoms with Crippen molar-refractivity contribution in [2.45, 2.75) is 33.2 Å². The Hall–Kier alpha value is -2.59. The van der Waals surface area contributed by atoms with Gasteiger partial charge in [-0.1, -0.05) is 18.3 Å². The van der Waals surface area contributed by atoms with Gasteiger partial charge in [0, 0.05) is 19.0 Å². The molecule has 0 aliphatic carbocycles. The van der Waals surface area contributed by atoms with Crippen molar-refractivity contribution >= 4 is 56.4 Å². The van der Waals surface area contributed by atoms with Crippen LogP contribution in [0.2, 0.25) is 0 Å². The van der Waals surface area contributed by atoms with E-state index in [1.165, 1.54) is 18.3 Å². The fourth-order valence-electron chi connectivity index (χ4n) is 2.49. The lowest BCUT2D eigenvalue weighted by Crippen LogP contribution is -2.20. The largest absolute Gasteiger partial charge is 0.326 e. The van der Waals surface area contributed by atoms with Crippen molar-refractivity contribution in [2.75, 3.05) is 10.6 Å². The molecule has 8 nitrogen and oxygen atoms in total. The Morgan fingerprint density at radius 3 is 2.88 bits per heavy atom. The first-order chi connectivity index (χ1) is 12.5. The van der Waals surface area contributed by atoms with E-state index in [0.717, 1.165) is 28.9 Å². The number of hydrogen-bond acceptors (Lipinski definition) is 6. The molecular formula is C16H18N6O2S2. The zero-order valence-corrected chi connectivity index (χ0v) is 16.0. The van der Waals surface area contributed by atoms with E-state index in [0.29, 0.717) is 15.6 Å². The molecule has 0 atom stereocenters. The summed E-state index contributed by atoms with van der Waals surface area (Å²) in [5, 5.41) is 12.9. The number of thiazole rings is 1. The third kappa shape index (κ3) is 4.14. The summed E-state index contributed by atoms with van der Waals surface area (Å²) in [5.41, 5.74) is 1.45. The Kier molecular flexibility index (Phi) is 5.43. The monoisotopic (exact) mass is 390 g/mol. The van der Waals surface area contributed by atoms with E-state index in [2.05, 4.69) is 25.8 Å². The van der Waals surface area contributed by atoms with Gasteiger partial charge >= 0.3 is 0 Å². The third-order valence-corrected chi connectivity index (χ3v) is 4.81. The molecule has 0 aliphatic heterocycles. The van der Waals surface area contributed by atoms with Crippen LogP contribution in [-0.2, 0) is 22.6 Å². The van der Waals surface area contributed by atoms with Crippen LogP contribution in [0.15, 0.2) is 18.2 Å². The van der Waals surface area contributed by atoms with Crippen molar-refractivity contribution in [1.29, 1.82) is 0 Å². The number of amides is 2. The Labute approximate surface area is 158 Å². The molecule has 0 bridgehead atoms. The summed E-state index contributed by atoms with van der Waals surface area (Å²) in [6, 6.07) is 5.41. The number of anilines is 2. The summed E-state index contributed by atoms with van der Waals surface area (Å²) >= 11 is 6.53.